The molecule has 8 heteroatoms. The van der Waals surface area contributed by atoms with Crippen LogP contribution in [0.3, 0.4) is 0 Å². The van der Waals surface area contributed by atoms with Gasteiger partial charge in [0.05, 0.1) is 0 Å². The third-order valence-corrected chi connectivity index (χ3v) is 5.63. The van der Waals surface area contributed by atoms with Crippen molar-refractivity contribution in [2.24, 2.45) is 5.92 Å². The number of nitrogens with one attached hydrogen (secondary N) is 1. The molecule has 1 aliphatic rings. The van der Waals surface area contributed by atoms with Gasteiger partial charge in [-0.25, -0.2) is 9.18 Å². The Morgan fingerprint density at radius 1 is 1.21 bits per heavy atom. The molecule has 1 aliphatic carbocycles. The zero-order chi connectivity index (χ0) is 20.1. The van der Waals surface area contributed by atoms with Crippen molar-refractivity contribution in [3.8, 4) is 5.75 Å². The van der Waals surface area contributed by atoms with Crippen LogP contribution in [0.25, 0.3) is 0 Å². The van der Waals surface area contributed by atoms with E-state index in [1.165, 1.54) is 6.07 Å². The summed E-state index contributed by atoms with van der Waals surface area (Å²) in [6, 6.07) is 10.9. The fraction of sp³-hybridized carbons (Fsp3) is 0.350. The van der Waals surface area contributed by atoms with Crippen LogP contribution in [-0.2, 0) is 16.7 Å². The number of amides is 2. The molecule has 1 fully saturated rings. The molecule has 0 radical (unpaired) electrons. The number of benzene rings is 2. The first-order chi connectivity index (χ1) is 13.4. The van der Waals surface area contributed by atoms with Gasteiger partial charge in [0, 0.05) is 19.6 Å². The summed E-state index contributed by atoms with van der Waals surface area (Å²) in [4.78, 5) is 13.9. The topological polar surface area (TPSA) is 75.7 Å². The Kier molecular flexibility index (Phi) is 6.18. The molecule has 0 bridgehead atoms. The number of hydrogen-bond acceptors (Lipinski definition) is 4. The first kappa shape index (κ1) is 20.1. The number of urea groups is 1. The van der Waals surface area contributed by atoms with Crippen molar-refractivity contribution in [2.75, 3.05) is 13.1 Å². The summed E-state index contributed by atoms with van der Waals surface area (Å²) >= 11 is 0. The zero-order valence-electron chi connectivity index (χ0n) is 15.6. The maximum Gasteiger partial charge on any atom is 0.339 e. The van der Waals surface area contributed by atoms with Crippen molar-refractivity contribution in [2.45, 2.75) is 31.2 Å². The van der Waals surface area contributed by atoms with Gasteiger partial charge in [-0.15, -0.1) is 0 Å². The minimum Gasteiger partial charge on any atom is -0.379 e. The highest BCUT2D eigenvalue weighted by atomic mass is 32.2. The average Bonchev–Trinajstić information content (AvgIpc) is 3.46. The van der Waals surface area contributed by atoms with E-state index in [-0.39, 0.29) is 16.7 Å². The normalized spacial score (nSPS) is 13.8. The van der Waals surface area contributed by atoms with Crippen molar-refractivity contribution in [3.63, 3.8) is 0 Å². The summed E-state index contributed by atoms with van der Waals surface area (Å²) in [7, 11) is -4.07. The van der Waals surface area contributed by atoms with Gasteiger partial charge in [0.15, 0.2) is 0 Å². The summed E-state index contributed by atoms with van der Waals surface area (Å²) < 4.78 is 42.9. The number of nitrogens with zero attached hydrogens (tertiary/aromatic N) is 1. The van der Waals surface area contributed by atoms with Crippen LogP contribution < -0.4 is 9.50 Å². The molecule has 0 saturated heterocycles. The van der Waals surface area contributed by atoms with Gasteiger partial charge < -0.3 is 14.4 Å². The molecule has 1 N–H and O–H groups in total. The SMILES string of the molecule is CCNC(=O)N(Cc1cccc(OS(=O)(=O)c2ccc(F)cc2)c1)CC1CC1. The standard InChI is InChI=1S/C20H23FN2O4S/c1-2-22-20(24)23(13-15-6-7-15)14-16-4-3-5-18(12-16)27-28(25,26)19-10-8-17(21)9-11-19/h3-5,8-12,15H,2,6-7,13-14H2,1H3,(H,22,24). The number of hydrogen-bond donors (Lipinski definition) is 1. The maximum atomic E-state index is 13.0. The lowest BCUT2D eigenvalue weighted by atomic mass is 10.2. The summed E-state index contributed by atoms with van der Waals surface area (Å²) in [6.45, 7) is 3.43. The van der Waals surface area contributed by atoms with Gasteiger partial charge in [0.25, 0.3) is 0 Å². The van der Waals surface area contributed by atoms with Crippen LogP contribution >= 0.6 is 0 Å². The molecule has 28 heavy (non-hydrogen) atoms. The van der Waals surface area contributed by atoms with Gasteiger partial charge in [-0.3, -0.25) is 0 Å². The van der Waals surface area contributed by atoms with Crippen LogP contribution in [0.2, 0.25) is 0 Å². The van der Waals surface area contributed by atoms with E-state index in [9.17, 15) is 17.6 Å². The van der Waals surface area contributed by atoms with Gasteiger partial charge in [0.2, 0.25) is 0 Å². The molecule has 0 unspecified atom stereocenters. The molecule has 2 amide bonds. The van der Waals surface area contributed by atoms with Crippen LogP contribution in [0, 0.1) is 11.7 Å². The molecule has 2 aromatic rings. The van der Waals surface area contributed by atoms with E-state index in [4.69, 9.17) is 4.18 Å². The molecule has 0 aromatic heterocycles. The van der Waals surface area contributed by atoms with Gasteiger partial charge in [0.1, 0.15) is 16.5 Å². The second-order valence-electron chi connectivity index (χ2n) is 6.80. The smallest absolute Gasteiger partial charge is 0.339 e. The molecule has 0 atom stereocenters. The van der Waals surface area contributed by atoms with Gasteiger partial charge in [-0.05, 0) is 67.6 Å². The molecular weight excluding hydrogens is 383 g/mol. The highest BCUT2D eigenvalue weighted by Gasteiger charge is 2.27. The van der Waals surface area contributed by atoms with Crippen molar-refractivity contribution in [1.29, 1.82) is 0 Å². The van der Waals surface area contributed by atoms with E-state index in [1.54, 1.807) is 17.0 Å². The van der Waals surface area contributed by atoms with Crippen LogP contribution in [0.5, 0.6) is 5.75 Å². The summed E-state index contributed by atoms with van der Waals surface area (Å²) in [5, 5.41) is 2.81. The Labute approximate surface area is 164 Å². The molecule has 0 heterocycles. The first-order valence-corrected chi connectivity index (χ1v) is 10.6. The molecule has 0 aliphatic heterocycles. The monoisotopic (exact) mass is 406 g/mol. The van der Waals surface area contributed by atoms with E-state index in [0.717, 1.165) is 42.7 Å². The predicted octanol–water partition coefficient (Wildman–Crippen LogP) is 3.53. The van der Waals surface area contributed by atoms with E-state index >= 15 is 0 Å². The number of carbonyl (C=O) groups excluding carboxylic acids is 1. The average molecular weight is 406 g/mol. The van der Waals surface area contributed by atoms with Gasteiger partial charge in [-0.1, -0.05) is 12.1 Å². The largest absolute Gasteiger partial charge is 0.379 e. The summed E-state index contributed by atoms with van der Waals surface area (Å²) in [5.41, 5.74) is 0.763. The highest BCUT2D eigenvalue weighted by Crippen LogP contribution is 2.30. The Balaban J connectivity index is 1.73. The fourth-order valence-electron chi connectivity index (χ4n) is 2.79. The Bertz CT molecular complexity index is 927. The third-order valence-electron chi connectivity index (χ3n) is 4.37. The molecule has 6 nitrogen and oxygen atoms in total. The lowest BCUT2D eigenvalue weighted by Crippen LogP contribution is -2.40. The van der Waals surface area contributed by atoms with E-state index < -0.39 is 15.9 Å². The number of rotatable bonds is 8. The van der Waals surface area contributed by atoms with Crippen molar-refractivity contribution in [3.05, 3.63) is 59.9 Å². The zero-order valence-corrected chi connectivity index (χ0v) is 16.4. The number of carbonyl (C=O) groups is 1. The second kappa shape index (κ2) is 8.60. The Hall–Kier alpha value is -2.61. The van der Waals surface area contributed by atoms with Crippen molar-refractivity contribution < 1.29 is 21.8 Å². The predicted molar refractivity (Wildman–Crippen MR) is 103 cm³/mol. The van der Waals surface area contributed by atoms with Crippen LogP contribution in [0.4, 0.5) is 9.18 Å². The minimum atomic E-state index is -4.07. The van der Waals surface area contributed by atoms with Gasteiger partial charge >= 0.3 is 16.1 Å². The Morgan fingerprint density at radius 3 is 2.57 bits per heavy atom. The van der Waals surface area contributed by atoms with Crippen molar-refractivity contribution >= 4 is 16.1 Å². The third kappa shape index (κ3) is 5.45. The minimum absolute atomic E-state index is 0.128. The highest BCUT2D eigenvalue weighted by molar-refractivity contribution is 7.87. The van der Waals surface area contributed by atoms with E-state index in [1.807, 2.05) is 13.0 Å². The number of halogens is 1. The van der Waals surface area contributed by atoms with Crippen LogP contribution in [0.1, 0.15) is 25.3 Å². The van der Waals surface area contributed by atoms with Crippen LogP contribution in [-0.4, -0.2) is 32.4 Å². The maximum absolute atomic E-state index is 13.0. The first-order valence-electron chi connectivity index (χ1n) is 9.19. The quantitative estimate of drug-likeness (QED) is 0.681. The molecule has 1 saturated carbocycles. The molecule has 3 rings (SSSR count). The fourth-order valence-corrected chi connectivity index (χ4v) is 3.71. The molecular formula is C20H23FN2O4S. The van der Waals surface area contributed by atoms with E-state index in [0.29, 0.717) is 25.6 Å². The van der Waals surface area contributed by atoms with E-state index in [2.05, 4.69) is 5.32 Å². The second-order valence-corrected chi connectivity index (χ2v) is 8.34. The summed E-state index contributed by atoms with van der Waals surface area (Å²) in [6.07, 6.45) is 2.24. The lowest BCUT2D eigenvalue weighted by Gasteiger charge is -2.23. The molecule has 0 spiro atoms. The Morgan fingerprint density at radius 2 is 1.93 bits per heavy atom. The van der Waals surface area contributed by atoms with Crippen molar-refractivity contribution in [1.82, 2.24) is 10.2 Å². The molecule has 150 valence electrons. The van der Waals surface area contributed by atoms with Crippen LogP contribution in [0.15, 0.2) is 53.4 Å². The molecule has 2 aromatic carbocycles. The summed E-state index contributed by atoms with van der Waals surface area (Å²) in [5.74, 6) is 0.145. The van der Waals surface area contributed by atoms with Gasteiger partial charge in [-0.2, -0.15) is 8.42 Å². The lowest BCUT2D eigenvalue weighted by molar-refractivity contribution is 0.193.